The minimum absolute atomic E-state index is 0.0118. The number of rotatable bonds is 5. The van der Waals surface area contributed by atoms with Gasteiger partial charge in [0.2, 0.25) is 0 Å². The van der Waals surface area contributed by atoms with Gasteiger partial charge in [0.05, 0.1) is 12.1 Å². The Bertz CT molecular complexity index is 850. The molecule has 2 aromatic carbocycles. The van der Waals surface area contributed by atoms with Crippen molar-refractivity contribution in [1.29, 1.82) is 0 Å². The summed E-state index contributed by atoms with van der Waals surface area (Å²) in [5.41, 5.74) is 1.37. The number of methoxy groups -OCH3 is 1. The first-order valence-corrected chi connectivity index (χ1v) is 9.90. The van der Waals surface area contributed by atoms with Gasteiger partial charge in [-0.3, -0.25) is 0 Å². The molecule has 0 heterocycles. The largest absolute Gasteiger partial charge is 0.497 e. The van der Waals surface area contributed by atoms with E-state index in [1.165, 1.54) is 6.07 Å². The van der Waals surface area contributed by atoms with E-state index in [1.54, 1.807) is 19.2 Å². The third-order valence-electron chi connectivity index (χ3n) is 5.48. The molecule has 0 bridgehead atoms. The summed E-state index contributed by atoms with van der Waals surface area (Å²) in [4.78, 5) is 2.08. The molecule has 3 rings (SSSR count). The number of benzene rings is 2. The Morgan fingerprint density at radius 2 is 1.96 bits per heavy atom. The predicted octanol–water partition coefficient (Wildman–Crippen LogP) is 5.12. The molecule has 5 heteroatoms. The topological polar surface area (TPSA) is 32.7 Å². The summed E-state index contributed by atoms with van der Waals surface area (Å²) >= 11 is 6.06. The monoisotopic (exact) mass is 403 g/mol. The van der Waals surface area contributed by atoms with Crippen molar-refractivity contribution in [3.63, 3.8) is 0 Å². The second kappa shape index (κ2) is 8.64. The van der Waals surface area contributed by atoms with E-state index in [-0.39, 0.29) is 10.9 Å². The van der Waals surface area contributed by atoms with Crippen molar-refractivity contribution in [2.75, 3.05) is 27.7 Å². The quantitative estimate of drug-likeness (QED) is 0.752. The molecule has 0 spiro atoms. The van der Waals surface area contributed by atoms with Gasteiger partial charge in [-0.05, 0) is 74.3 Å². The lowest BCUT2D eigenvalue weighted by Crippen LogP contribution is -2.44. The van der Waals surface area contributed by atoms with Gasteiger partial charge in [-0.25, -0.2) is 4.39 Å². The van der Waals surface area contributed by atoms with Gasteiger partial charge in [-0.2, -0.15) is 0 Å². The van der Waals surface area contributed by atoms with E-state index >= 15 is 0 Å². The van der Waals surface area contributed by atoms with Gasteiger partial charge >= 0.3 is 0 Å². The molecule has 2 atom stereocenters. The predicted molar refractivity (Wildman–Crippen MR) is 112 cm³/mol. The van der Waals surface area contributed by atoms with Crippen molar-refractivity contribution in [1.82, 2.24) is 4.90 Å². The maximum atomic E-state index is 13.8. The number of halogens is 2. The van der Waals surface area contributed by atoms with Crippen LogP contribution in [0.25, 0.3) is 6.08 Å². The van der Waals surface area contributed by atoms with Crippen LogP contribution in [0, 0.1) is 11.7 Å². The maximum Gasteiger partial charge on any atom is 0.141 e. The zero-order chi connectivity index (χ0) is 20.3. The Morgan fingerprint density at radius 1 is 1.25 bits per heavy atom. The zero-order valence-corrected chi connectivity index (χ0v) is 17.3. The highest BCUT2D eigenvalue weighted by Gasteiger charge is 2.44. The molecule has 1 N–H and O–H groups in total. The van der Waals surface area contributed by atoms with Crippen LogP contribution in [-0.2, 0) is 5.60 Å². The molecule has 1 saturated carbocycles. The van der Waals surface area contributed by atoms with E-state index < -0.39 is 11.4 Å². The molecule has 1 aliphatic carbocycles. The molecule has 0 aromatic heterocycles. The van der Waals surface area contributed by atoms with Crippen molar-refractivity contribution >= 4 is 17.7 Å². The van der Waals surface area contributed by atoms with Crippen LogP contribution in [0.5, 0.6) is 5.75 Å². The van der Waals surface area contributed by atoms with Gasteiger partial charge in [-0.1, -0.05) is 35.9 Å². The summed E-state index contributed by atoms with van der Waals surface area (Å²) in [6, 6.07) is 12.3. The Morgan fingerprint density at radius 3 is 2.57 bits per heavy atom. The van der Waals surface area contributed by atoms with Crippen LogP contribution in [0.2, 0.25) is 5.02 Å². The van der Waals surface area contributed by atoms with Crippen molar-refractivity contribution in [2.45, 2.75) is 24.9 Å². The molecule has 0 aliphatic heterocycles. The van der Waals surface area contributed by atoms with E-state index in [1.807, 2.05) is 44.4 Å². The fraction of sp³-hybridized carbons (Fsp3) is 0.391. The Labute approximate surface area is 171 Å². The molecule has 0 saturated heterocycles. The van der Waals surface area contributed by atoms with Crippen molar-refractivity contribution in [2.24, 2.45) is 5.92 Å². The normalized spacial score (nSPS) is 24.0. The van der Waals surface area contributed by atoms with E-state index in [9.17, 15) is 9.50 Å². The van der Waals surface area contributed by atoms with Crippen molar-refractivity contribution in [3.8, 4) is 5.75 Å². The maximum absolute atomic E-state index is 13.8. The van der Waals surface area contributed by atoms with Crippen molar-refractivity contribution < 1.29 is 14.2 Å². The SMILES string of the molecule is COc1ccc(/C=C2\CCCC(CN(C)C)C2(O)c2ccc(F)c(Cl)c2)cc1. The number of hydrogen-bond acceptors (Lipinski definition) is 3. The third-order valence-corrected chi connectivity index (χ3v) is 5.77. The lowest BCUT2D eigenvalue weighted by Gasteiger charge is -2.44. The highest BCUT2D eigenvalue weighted by molar-refractivity contribution is 6.30. The zero-order valence-electron chi connectivity index (χ0n) is 16.6. The molecular formula is C23H27ClFNO2. The molecule has 0 amide bonds. The number of ether oxygens (including phenoxy) is 1. The van der Waals surface area contributed by atoms with Crippen molar-refractivity contribution in [3.05, 3.63) is 70.0 Å². The molecular weight excluding hydrogens is 377 g/mol. The molecule has 1 fully saturated rings. The summed E-state index contributed by atoms with van der Waals surface area (Å²) in [5, 5.41) is 12.0. The molecule has 28 heavy (non-hydrogen) atoms. The fourth-order valence-electron chi connectivity index (χ4n) is 4.10. The minimum Gasteiger partial charge on any atom is -0.497 e. The van der Waals surface area contributed by atoms with E-state index in [4.69, 9.17) is 16.3 Å². The second-order valence-corrected chi connectivity index (χ2v) is 8.10. The molecule has 2 unspecified atom stereocenters. The van der Waals surface area contributed by atoms with Gasteiger partial charge in [0.25, 0.3) is 0 Å². The lowest BCUT2D eigenvalue weighted by atomic mass is 9.67. The fourth-order valence-corrected chi connectivity index (χ4v) is 4.28. The smallest absolute Gasteiger partial charge is 0.141 e. The van der Waals surface area contributed by atoms with Crippen LogP contribution in [0.4, 0.5) is 4.39 Å². The molecule has 0 radical (unpaired) electrons. The summed E-state index contributed by atoms with van der Waals surface area (Å²) in [5.74, 6) is 0.300. The van der Waals surface area contributed by atoms with Crippen LogP contribution in [0.15, 0.2) is 48.0 Å². The molecule has 2 aromatic rings. The van der Waals surface area contributed by atoms with Crippen LogP contribution >= 0.6 is 11.6 Å². The van der Waals surface area contributed by atoms with Gasteiger partial charge in [0.15, 0.2) is 0 Å². The summed E-state index contributed by atoms with van der Waals surface area (Å²) in [7, 11) is 5.64. The van der Waals surface area contributed by atoms with Crippen LogP contribution in [-0.4, -0.2) is 37.8 Å². The average Bonchev–Trinajstić information content (AvgIpc) is 2.67. The first kappa shape index (κ1) is 20.8. The third kappa shape index (κ3) is 4.24. The second-order valence-electron chi connectivity index (χ2n) is 7.69. The minimum atomic E-state index is -1.19. The Hall–Kier alpha value is -1.88. The van der Waals surface area contributed by atoms with E-state index in [2.05, 4.69) is 4.90 Å². The van der Waals surface area contributed by atoms with Crippen LogP contribution in [0.1, 0.15) is 30.4 Å². The lowest BCUT2D eigenvalue weighted by molar-refractivity contribution is -0.0174. The molecule has 3 nitrogen and oxygen atoms in total. The molecule has 150 valence electrons. The van der Waals surface area contributed by atoms with Gasteiger partial charge in [-0.15, -0.1) is 0 Å². The summed E-state index contributed by atoms with van der Waals surface area (Å²) < 4.78 is 19.0. The molecule has 1 aliphatic rings. The average molecular weight is 404 g/mol. The van der Waals surface area contributed by atoms with Crippen LogP contribution < -0.4 is 4.74 Å². The number of hydrogen-bond donors (Lipinski definition) is 1. The highest BCUT2D eigenvalue weighted by Crippen LogP contribution is 2.47. The summed E-state index contributed by atoms with van der Waals surface area (Å²) in [6.07, 6.45) is 4.71. The highest BCUT2D eigenvalue weighted by atomic mass is 35.5. The Balaban J connectivity index is 2.09. The van der Waals surface area contributed by atoms with E-state index in [0.29, 0.717) is 5.56 Å². The number of aliphatic hydroxyl groups is 1. The van der Waals surface area contributed by atoms with E-state index in [0.717, 1.165) is 42.7 Å². The number of nitrogens with zero attached hydrogens (tertiary/aromatic N) is 1. The first-order valence-electron chi connectivity index (χ1n) is 9.52. The van der Waals surface area contributed by atoms with Gasteiger partial charge in [0.1, 0.15) is 17.2 Å². The van der Waals surface area contributed by atoms with Gasteiger partial charge < -0.3 is 14.7 Å². The Kier molecular flexibility index (Phi) is 6.43. The van der Waals surface area contributed by atoms with Crippen LogP contribution in [0.3, 0.4) is 0 Å². The standard InChI is InChI=1S/C23H27ClFNO2/c1-26(2)15-19-6-4-5-17(13-16-7-10-20(28-3)11-8-16)23(19,27)18-9-12-22(25)21(24)14-18/h7-14,19,27H,4-6,15H2,1-3H3/b17-13+. The first-order chi connectivity index (χ1) is 13.3. The summed E-state index contributed by atoms with van der Waals surface area (Å²) in [6.45, 7) is 0.728. The van der Waals surface area contributed by atoms with Gasteiger partial charge in [0, 0.05) is 12.5 Å².